The van der Waals surface area contributed by atoms with Gasteiger partial charge in [0, 0.05) is 0 Å². The fourth-order valence-electron chi connectivity index (χ4n) is 2.06. The Kier molecular flexibility index (Phi) is 6.65. The van der Waals surface area contributed by atoms with Gasteiger partial charge in [0.05, 0.1) is 22.9 Å². The van der Waals surface area contributed by atoms with E-state index in [9.17, 15) is 18.6 Å². The first-order valence-electron chi connectivity index (χ1n) is 7.08. The van der Waals surface area contributed by atoms with Crippen molar-refractivity contribution in [3.8, 4) is 0 Å². The van der Waals surface area contributed by atoms with Gasteiger partial charge < -0.3 is 10.2 Å². The topological polar surface area (TPSA) is 74.6 Å². The number of aliphatic hydroxyl groups is 2. The van der Waals surface area contributed by atoms with Gasteiger partial charge in [-0.05, 0) is 37.0 Å². The Balaban J connectivity index is 2.68. The predicted molar refractivity (Wildman–Crippen MR) is 79.4 cm³/mol. The maximum Gasteiger partial charge on any atom is 0.178 e. The fourth-order valence-corrected chi connectivity index (χ4v) is 3.01. The van der Waals surface area contributed by atoms with Crippen LogP contribution in [0.15, 0.2) is 29.2 Å². The molecular formula is C15H24O4S. The smallest absolute Gasteiger partial charge is 0.178 e. The zero-order valence-corrected chi connectivity index (χ0v) is 12.9. The van der Waals surface area contributed by atoms with Gasteiger partial charge in [-0.25, -0.2) is 8.42 Å². The molecule has 0 amide bonds. The number of hydrogen-bond donors (Lipinski definition) is 2. The average Bonchev–Trinajstić information content (AvgIpc) is 2.45. The zero-order chi connectivity index (χ0) is 15.2. The number of aryl methyl sites for hydroxylation is 1. The van der Waals surface area contributed by atoms with E-state index in [-0.39, 0.29) is 5.75 Å². The summed E-state index contributed by atoms with van der Waals surface area (Å²) >= 11 is 0. The van der Waals surface area contributed by atoms with Crippen LogP contribution in [-0.4, -0.2) is 36.6 Å². The summed E-state index contributed by atoms with van der Waals surface area (Å²) in [7, 11) is -3.20. The molecule has 4 nitrogen and oxygen atoms in total. The zero-order valence-electron chi connectivity index (χ0n) is 12.1. The van der Waals surface area contributed by atoms with Crippen molar-refractivity contribution in [1.29, 1.82) is 0 Å². The molecule has 0 saturated heterocycles. The summed E-state index contributed by atoms with van der Waals surface area (Å²) in [5.41, 5.74) is 0.863. The SMILES string of the molecule is CCCC(O)C(O)CCc1cccc(S(=O)(=O)CC)c1. The Morgan fingerprint density at radius 3 is 2.35 bits per heavy atom. The Bertz CT molecular complexity index is 510. The van der Waals surface area contributed by atoms with Crippen LogP contribution in [0.25, 0.3) is 0 Å². The van der Waals surface area contributed by atoms with Crippen molar-refractivity contribution >= 4 is 9.84 Å². The lowest BCUT2D eigenvalue weighted by atomic mass is 10.0. The molecule has 1 aromatic carbocycles. The molecule has 0 radical (unpaired) electrons. The molecule has 0 fully saturated rings. The lowest BCUT2D eigenvalue weighted by molar-refractivity contribution is 0.00980. The summed E-state index contributed by atoms with van der Waals surface area (Å²) in [4.78, 5) is 0.320. The van der Waals surface area contributed by atoms with E-state index in [2.05, 4.69) is 0 Å². The largest absolute Gasteiger partial charge is 0.390 e. The van der Waals surface area contributed by atoms with Gasteiger partial charge in [0.25, 0.3) is 0 Å². The third-order valence-corrected chi connectivity index (χ3v) is 5.13. The van der Waals surface area contributed by atoms with E-state index < -0.39 is 22.0 Å². The highest BCUT2D eigenvalue weighted by atomic mass is 32.2. The maximum atomic E-state index is 11.8. The molecule has 1 rings (SSSR count). The molecular weight excluding hydrogens is 276 g/mol. The number of rotatable bonds is 8. The van der Waals surface area contributed by atoms with E-state index in [1.807, 2.05) is 13.0 Å². The molecule has 2 N–H and O–H groups in total. The Morgan fingerprint density at radius 1 is 1.10 bits per heavy atom. The van der Waals surface area contributed by atoms with E-state index in [4.69, 9.17) is 0 Å². The molecule has 0 aliphatic heterocycles. The molecule has 114 valence electrons. The van der Waals surface area contributed by atoms with Gasteiger partial charge in [-0.1, -0.05) is 32.4 Å². The van der Waals surface area contributed by atoms with Crippen molar-refractivity contribution < 1.29 is 18.6 Å². The predicted octanol–water partition coefficient (Wildman–Crippen LogP) is 1.93. The van der Waals surface area contributed by atoms with E-state index in [1.165, 1.54) is 0 Å². The summed E-state index contributed by atoms with van der Waals surface area (Å²) < 4.78 is 23.6. The van der Waals surface area contributed by atoms with Gasteiger partial charge in [0.15, 0.2) is 9.84 Å². The minimum Gasteiger partial charge on any atom is -0.390 e. The molecule has 5 heteroatoms. The number of sulfone groups is 1. The van der Waals surface area contributed by atoms with Crippen molar-refractivity contribution in [3.05, 3.63) is 29.8 Å². The summed E-state index contributed by atoms with van der Waals surface area (Å²) in [6.45, 7) is 3.57. The monoisotopic (exact) mass is 300 g/mol. The summed E-state index contributed by atoms with van der Waals surface area (Å²) in [6, 6.07) is 6.79. The molecule has 0 spiro atoms. The Labute approximate surface area is 121 Å². The molecule has 0 heterocycles. The summed E-state index contributed by atoms with van der Waals surface area (Å²) in [5, 5.41) is 19.5. The van der Waals surface area contributed by atoms with Crippen LogP contribution in [0.3, 0.4) is 0 Å². The van der Waals surface area contributed by atoms with E-state index in [1.54, 1.807) is 25.1 Å². The third kappa shape index (κ3) is 4.89. The van der Waals surface area contributed by atoms with Crippen LogP contribution in [0.4, 0.5) is 0 Å². The first-order valence-corrected chi connectivity index (χ1v) is 8.73. The average molecular weight is 300 g/mol. The van der Waals surface area contributed by atoms with Crippen LogP contribution in [0.5, 0.6) is 0 Å². The second-order valence-corrected chi connectivity index (χ2v) is 7.29. The summed E-state index contributed by atoms with van der Waals surface area (Å²) in [6.07, 6.45) is 0.906. The van der Waals surface area contributed by atoms with Crippen molar-refractivity contribution in [3.63, 3.8) is 0 Å². The van der Waals surface area contributed by atoms with Crippen LogP contribution < -0.4 is 0 Å². The van der Waals surface area contributed by atoms with Gasteiger partial charge in [-0.3, -0.25) is 0 Å². The molecule has 0 aliphatic rings. The van der Waals surface area contributed by atoms with E-state index >= 15 is 0 Å². The van der Waals surface area contributed by atoms with Crippen LogP contribution in [0.2, 0.25) is 0 Å². The molecule has 0 aromatic heterocycles. The molecule has 0 aliphatic carbocycles. The van der Waals surface area contributed by atoms with Gasteiger partial charge in [-0.2, -0.15) is 0 Å². The number of aliphatic hydroxyl groups excluding tert-OH is 2. The minimum atomic E-state index is -3.20. The van der Waals surface area contributed by atoms with Gasteiger partial charge in [0.2, 0.25) is 0 Å². The first kappa shape index (κ1) is 17.1. The third-order valence-electron chi connectivity index (χ3n) is 3.39. The quantitative estimate of drug-likeness (QED) is 0.769. The van der Waals surface area contributed by atoms with Gasteiger partial charge >= 0.3 is 0 Å². The van der Waals surface area contributed by atoms with Crippen LogP contribution in [0, 0.1) is 0 Å². The highest BCUT2D eigenvalue weighted by Gasteiger charge is 2.16. The van der Waals surface area contributed by atoms with Gasteiger partial charge in [0.1, 0.15) is 0 Å². The molecule has 20 heavy (non-hydrogen) atoms. The maximum absolute atomic E-state index is 11.8. The van der Waals surface area contributed by atoms with Crippen molar-refractivity contribution in [1.82, 2.24) is 0 Å². The minimum absolute atomic E-state index is 0.0777. The molecule has 2 atom stereocenters. The summed E-state index contributed by atoms with van der Waals surface area (Å²) in [5.74, 6) is 0.0777. The lowest BCUT2D eigenvalue weighted by Crippen LogP contribution is -2.26. The van der Waals surface area contributed by atoms with Crippen LogP contribution in [-0.2, 0) is 16.3 Å². The molecule has 1 aromatic rings. The fraction of sp³-hybridized carbons (Fsp3) is 0.600. The lowest BCUT2D eigenvalue weighted by Gasteiger charge is -2.17. The van der Waals surface area contributed by atoms with E-state index in [0.29, 0.717) is 24.2 Å². The highest BCUT2D eigenvalue weighted by molar-refractivity contribution is 7.91. The Hall–Kier alpha value is -0.910. The normalized spacial score (nSPS) is 15.0. The molecule has 0 saturated carbocycles. The number of benzene rings is 1. The van der Waals surface area contributed by atoms with E-state index in [0.717, 1.165) is 12.0 Å². The first-order chi connectivity index (χ1) is 9.40. The van der Waals surface area contributed by atoms with Crippen LogP contribution in [0.1, 0.15) is 38.7 Å². The molecule has 0 bridgehead atoms. The molecule has 2 unspecified atom stereocenters. The van der Waals surface area contributed by atoms with Crippen molar-refractivity contribution in [2.24, 2.45) is 0 Å². The highest BCUT2D eigenvalue weighted by Crippen LogP contribution is 2.16. The van der Waals surface area contributed by atoms with Gasteiger partial charge in [-0.15, -0.1) is 0 Å². The number of hydrogen-bond acceptors (Lipinski definition) is 4. The second kappa shape index (κ2) is 7.76. The van der Waals surface area contributed by atoms with Crippen molar-refractivity contribution in [2.75, 3.05) is 5.75 Å². The van der Waals surface area contributed by atoms with Crippen LogP contribution >= 0.6 is 0 Å². The van der Waals surface area contributed by atoms with Crippen molar-refractivity contribution in [2.45, 2.75) is 56.6 Å². The Morgan fingerprint density at radius 2 is 1.75 bits per heavy atom. The second-order valence-electron chi connectivity index (χ2n) is 5.01. The standard InChI is InChI=1S/C15H24O4S/c1-3-6-14(16)15(17)10-9-12-7-5-8-13(11-12)20(18,19)4-2/h5,7-8,11,14-17H,3-4,6,9-10H2,1-2H3.